The van der Waals surface area contributed by atoms with Crippen molar-refractivity contribution in [2.24, 2.45) is 0 Å². The van der Waals surface area contributed by atoms with E-state index in [1.54, 1.807) is 0 Å². The van der Waals surface area contributed by atoms with Crippen LogP contribution in [0.5, 0.6) is 0 Å². The van der Waals surface area contributed by atoms with Gasteiger partial charge in [0.25, 0.3) is 0 Å². The molecule has 4 heteroatoms. The third kappa shape index (κ3) is 3.63. The second-order valence-corrected chi connectivity index (χ2v) is 18.5. The van der Waals surface area contributed by atoms with Gasteiger partial charge in [-0.1, -0.05) is 0 Å². The fraction of sp³-hybridized carbons (Fsp3) is 0.208. The Morgan fingerprint density at radius 3 is 1.54 bits per heavy atom. The zero-order chi connectivity index (χ0) is 19.9. The van der Waals surface area contributed by atoms with Crippen LogP contribution in [0.15, 0.2) is 91.0 Å². The third-order valence-electron chi connectivity index (χ3n) is 5.31. The molecule has 0 amide bonds. The molecule has 0 saturated carbocycles. The fourth-order valence-electron chi connectivity index (χ4n) is 3.97. The number of nitriles is 1. The fourth-order valence-corrected chi connectivity index (χ4v) is 15.8. The molecule has 0 saturated heterocycles. The molecule has 1 atom stereocenters. The van der Waals surface area contributed by atoms with Crippen LogP contribution in [0, 0.1) is 11.3 Å². The molecule has 0 aliphatic heterocycles. The van der Waals surface area contributed by atoms with Crippen molar-refractivity contribution in [3.63, 3.8) is 0 Å². The summed E-state index contributed by atoms with van der Waals surface area (Å²) in [5.41, 5.74) is 0.244. The summed E-state index contributed by atoms with van der Waals surface area (Å²) in [6, 6.07) is 35.2. The van der Waals surface area contributed by atoms with Crippen molar-refractivity contribution >= 4 is 54.0 Å². The molecule has 0 aromatic heterocycles. The van der Waals surface area contributed by atoms with Gasteiger partial charge in [0, 0.05) is 0 Å². The Hall–Kier alpha value is -1.34. The van der Waals surface area contributed by atoms with Gasteiger partial charge in [-0.15, -0.1) is 0 Å². The Morgan fingerprint density at radius 2 is 1.21 bits per heavy atom. The van der Waals surface area contributed by atoms with Crippen molar-refractivity contribution in [3.8, 4) is 6.07 Å². The molecule has 28 heavy (non-hydrogen) atoms. The normalized spacial score (nSPS) is 13.8. The van der Waals surface area contributed by atoms with Gasteiger partial charge in [0.15, 0.2) is 0 Å². The van der Waals surface area contributed by atoms with Crippen molar-refractivity contribution in [2.75, 3.05) is 11.5 Å². The van der Waals surface area contributed by atoms with E-state index in [-0.39, 0.29) is 5.66 Å². The van der Waals surface area contributed by atoms with Gasteiger partial charge in [-0.05, 0) is 0 Å². The topological polar surface area (TPSA) is 23.8 Å². The van der Waals surface area contributed by atoms with Crippen LogP contribution >= 0.6 is 38.0 Å². The van der Waals surface area contributed by atoms with Crippen molar-refractivity contribution in [1.29, 1.82) is 5.26 Å². The molecule has 0 aliphatic rings. The molecule has 0 bridgehead atoms. The van der Waals surface area contributed by atoms with Gasteiger partial charge in [0.2, 0.25) is 0 Å². The zero-order valence-corrected chi connectivity index (χ0v) is 19.9. The molecule has 3 rings (SSSR count). The molecule has 0 spiro atoms. The molecule has 0 heterocycles. The number of hydrogen-bond donors (Lipinski definition) is 0. The summed E-state index contributed by atoms with van der Waals surface area (Å²) in [4.78, 5) is 0. The van der Waals surface area contributed by atoms with Crippen LogP contribution in [0.2, 0.25) is 0 Å². The Morgan fingerprint density at radius 1 is 0.821 bits per heavy atom. The number of halogens is 1. The van der Waals surface area contributed by atoms with Crippen LogP contribution < -0.4 is 15.9 Å². The average molecular weight is 517 g/mol. The second-order valence-electron chi connectivity index (χ2n) is 6.76. The minimum atomic E-state index is -2.90. The summed E-state index contributed by atoms with van der Waals surface area (Å²) in [7, 11) is 0. The predicted octanol–water partition coefficient (Wildman–Crippen LogP) is 5.90. The quantitative estimate of drug-likeness (QED) is 0.275. The molecule has 0 N–H and O–H groups in total. The number of benzene rings is 3. The van der Waals surface area contributed by atoms with E-state index in [1.807, 2.05) is 11.8 Å². The van der Waals surface area contributed by atoms with Crippen LogP contribution in [0.3, 0.4) is 0 Å². The van der Waals surface area contributed by atoms with Gasteiger partial charge in [-0.25, -0.2) is 0 Å². The van der Waals surface area contributed by atoms with Gasteiger partial charge in [-0.3, -0.25) is 0 Å². The first-order valence-electron chi connectivity index (χ1n) is 9.51. The first kappa shape index (κ1) is 21.4. The predicted molar refractivity (Wildman–Crippen MR) is 136 cm³/mol. The molecule has 0 fully saturated rings. The zero-order valence-electron chi connectivity index (χ0n) is 16.0. The van der Waals surface area contributed by atoms with Gasteiger partial charge in [0.1, 0.15) is 0 Å². The molecular weight excluding hydrogens is 492 g/mol. The van der Waals surface area contributed by atoms with Crippen molar-refractivity contribution in [2.45, 2.75) is 19.0 Å². The van der Waals surface area contributed by atoms with E-state index in [4.69, 9.17) is 0 Å². The molecule has 0 radical (unpaired) electrons. The Kier molecular flexibility index (Phi) is 7.20. The van der Waals surface area contributed by atoms with Gasteiger partial charge in [-0.2, -0.15) is 0 Å². The maximum absolute atomic E-state index is 9.81. The van der Waals surface area contributed by atoms with E-state index in [1.165, 1.54) is 15.9 Å². The first-order valence-corrected chi connectivity index (χ1v) is 15.8. The molecule has 3 aromatic rings. The summed E-state index contributed by atoms with van der Waals surface area (Å²) in [6.07, 6.45) is 0.548. The third-order valence-corrected chi connectivity index (χ3v) is 19.6. The Bertz CT molecular complexity index is 826. The Balaban J connectivity index is 2.44. The van der Waals surface area contributed by atoms with E-state index in [0.717, 1.165) is 11.5 Å². The van der Waals surface area contributed by atoms with Crippen LogP contribution in [0.25, 0.3) is 0 Å². The maximum atomic E-state index is 9.81. The summed E-state index contributed by atoms with van der Waals surface area (Å²) in [5, 5.41) is 13.9. The molecule has 0 aliphatic carbocycles. The standard InChI is InChI=1S/C24H25INPS/c1-2-28-20-24(18-19-26)27(25,21-12-6-3-7-13-21,22-14-8-4-9-15-22)23-16-10-5-11-17-23/h3-17,24H,2,18,20H2,1H3. The monoisotopic (exact) mass is 517 g/mol. The van der Waals surface area contributed by atoms with E-state index in [0.29, 0.717) is 6.42 Å². The summed E-state index contributed by atoms with van der Waals surface area (Å²) in [6.45, 7) is 2.20. The average Bonchev–Trinajstić information content (AvgIpc) is 2.78. The van der Waals surface area contributed by atoms with Crippen LogP contribution in [0.4, 0.5) is 0 Å². The molecule has 1 unspecified atom stereocenters. The number of thioether (sulfide) groups is 1. The number of nitrogens with zero attached hydrogens (tertiary/aromatic N) is 1. The minimum absolute atomic E-state index is 0.244. The van der Waals surface area contributed by atoms with Crippen LogP contribution in [0.1, 0.15) is 13.3 Å². The molecule has 144 valence electrons. The first-order chi connectivity index (χ1) is 13.7. The second kappa shape index (κ2) is 9.44. The Labute approximate surface area is 186 Å². The van der Waals surface area contributed by atoms with Crippen molar-refractivity contribution in [3.05, 3.63) is 91.0 Å². The van der Waals surface area contributed by atoms with Gasteiger partial charge >= 0.3 is 187 Å². The summed E-state index contributed by atoms with van der Waals surface area (Å²) >= 11 is 4.74. The van der Waals surface area contributed by atoms with Gasteiger partial charge in [0.05, 0.1) is 0 Å². The van der Waals surface area contributed by atoms with E-state index in [2.05, 4.69) is 126 Å². The van der Waals surface area contributed by atoms with E-state index in [9.17, 15) is 5.26 Å². The molecule has 1 nitrogen and oxygen atoms in total. The van der Waals surface area contributed by atoms with Crippen LogP contribution in [-0.2, 0) is 0 Å². The summed E-state index contributed by atoms with van der Waals surface area (Å²) in [5.74, 6) is 2.03. The number of hydrogen-bond acceptors (Lipinski definition) is 2. The molecular formula is C24H25INPS. The van der Waals surface area contributed by atoms with E-state index < -0.39 is 4.25 Å². The van der Waals surface area contributed by atoms with Gasteiger partial charge < -0.3 is 0 Å². The number of rotatable bonds is 8. The molecule has 3 aromatic carbocycles. The van der Waals surface area contributed by atoms with Crippen LogP contribution in [-0.4, -0.2) is 17.2 Å². The SMILES string of the molecule is CCSCC(CC#N)P(I)(c1ccccc1)(c1ccccc1)c1ccccc1. The van der Waals surface area contributed by atoms with Crippen molar-refractivity contribution < 1.29 is 0 Å². The van der Waals surface area contributed by atoms with Crippen molar-refractivity contribution in [1.82, 2.24) is 0 Å². The van der Waals surface area contributed by atoms with E-state index >= 15 is 0 Å². The summed E-state index contributed by atoms with van der Waals surface area (Å²) < 4.78 is -2.90.